The summed E-state index contributed by atoms with van der Waals surface area (Å²) in [5.74, 6) is -1.34. The molecule has 1 aromatic carbocycles. The topological polar surface area (TPSA) is 75.6 Å². The maximum Gasteiger partial charge on any atom is 0.326 e. The number of amides is 1. The van der Waals surface area contributed by atoms with E-state index < -0.39 is 12.0 Å². The Kier molecular flexibility index (Phi) is 6.60. The highest BCUT2D eigenvalue weighted by molar-refractivity contribution is 5.83. The molecule has 0 aliphatic heterocycles. The second-order valence-electron chi connectivity index (χ2n) is 4.09. The van der Waals surface area contributed by atoms with E-state index in [0.717, 1.165) is 5.56 Å². The molecule has 0 saturated heterocycles. The molecule has 0 aromatic heterocycles. The Morgan fingerprint density at radius 2 is 2.00 bits per heavy atom. The largest absolute Gasteiger partial charge is 0.480 e. The van der Waals surface area contributed by atoms with Crippen LogP contribution in [-0.2, 0) is 20.7 Å². The Labute approximate surface area is 112 Å². The van der Waals surface area contributed by atoms with Crippen LogP contribution in [0.2, 0.25) is 0 Å². The highest BCUT2D eigenvalue weighted by Gasteiger charge is 2.19. The van der Waals surface area contributed by atoms with Crippen LogP contribution in [0.3, 0.4) is 0 Å². The number of aliphatic carboxylic acids is 1. The van der Waals surface area contributed by atoms with E-state index in [2.05, 4.69) is 5.32 Å². The van der Waals surface area contributed by atoms with E-state index >= 15 is 0 Å². The number of rotatable bonds is 8. The summed E-state index contributed by atoms with van der Waals surface area (Å²) >= 11 is 0. The molecule has 5 heteroatoms. The maximum absolute atomic E-state index is 11.6. The van der Waals surface area contributed by atoms with E-state index in [4.69, 9.17) is 9.84 Å². The minimum atomic E-state index is -1.03. The third kappa shape index (κ3) is 6.01. The lowest BCUT2D eigenvalue weighted by atomic mass is 10.1. The molecule has 0 fully saturated rings. The molecule has 0 heterocycles. The van der Waals surface area contributed by atoms with Gasteiger partial charge in [-0.3, -0.25) is 4.79 Å². The van der Waals surface area contributed by atoms with Gasteiger partial charge in [0.2, 0.25) is 5.91 Å². The first-order valence-corrected chi connectivity index (χ1v) is 6.27. The smallest absolute Gasteiger partial charge is 0.326 e. The molecule has 1 unspecified atom stereocenters. The zero-order chi connectivity index (χ0) is 14.1. The molecule has 5 nitrogen and oxygen atoms in total. The van der Waals surface area contributed by atoms with Crippen LogP contribution >= 0.6 is 0 Å². The fourth-order valence-electron chi connectivity index (χ4n) is 1.63. The summed E-state index contributed by atoms with van der Waals surface area (Å²) in [7, 11) is 0. The van der Waals surface area contributed by atoms with Gasteiger partial charge in [0, 0.05) is 19.4 Å². The molecular formula is C14H19NO4. The summed E-state index contributed by atoms with van der Waals surface area (Å²) in [5.41, 5.74) is 0.875. The molecule has 1 rings (SSSR count). The predicted molar refractivity (Wildman–Crippen MR) is 70.8 cm³/mol. The van der Waals surface area contributed by atoms with Crippen LogP contribution < -0.4 is 5.32 Å². The van der Waals surface area contributed by atoms with Gasteiger partial charge in [-0.2, -0.15) is 0 Å². The monoisotopic (exact) mass is 265 g/mol. The molecule has 0 radical (unpaired) electrons. The number of carbonyl (C=O) groups excluding carboxylic acids is 1. The number of ether oxygens (including phenoxy) is 1. The predicted octanol–water partition coefficient (Wildman–Crippen LogP) is 1.23. The van der Waals surface area contributed by atoms with Crippen molar-refractivity contribution in [2.75, 3.05) is 13.2 Å². The van der Waals surface area contributed by atoms with Crippen molar-refractivity contribution in [2.24, 2.45) is 0 Å². The highest BCUT2D eigenvalue weighted by atomic mass is 16.5. The average molecular weight is 265 g/mol. The van der Waals surface area contributed by atoms with Gasteiger partial charge in [-0.25, -0.2) is 4.79 Å². The number of carbonyl (C=O) groups is 2. The third-order valence-electron chi connectivity index (χ3n) is 2.59. The zero-order valence-corrected chi connectivity index (χ0v) is 11.0. The number of benzene rings is 1. The first-order chi connectivity index (χ1) is 9.13. The van der Waals surface area contributed by atoms with E-state index in [1.807, 2.05) is 37.3 Å². The van der Waals surface area contributed by atoms with Gasteiger partial charge in [0.15, 0.2) is 0 Å². The Morgan fingerprint density at radius 3 is 2.58 bits per heavy atom. The van der Waals surface area contributed by atoms with Crippen molar-refractivity contribution in [1.29, 1.82) is 0 Å². The molecule has 0 saturated carbocycles. The Morgan fingerprint density at radius 1 is 1.32 bits per heavy atom. The van der Waals surface area contributed by atoms with Gasteiger partial charge in [-0.05, 0) is 12.5 Å². The maximum atomic E-state index is 11.6. The fourth-order valence-corrected chi connectivity index (χ4v) is 1.63. The molecule has 1 aromatic rings. The number of carboxylic acids is 1. The molecule has 0 spiro atoms. The Balaban J connectivity index is 2.49. The molecule has 0 aliphatic carbocycles. The van der Waals surface area contributed by atoms with E-state index in [0.29, 0.717) is 13.2 Å². The van der Waals surface area contributed by atoms with Crippen molar-refractivity contribution in [2.45, 2.75) is 25.8 Å². The van der Waals surface area contributed by atoms with Crippen LogP contribution in [0, 0.1) is 0 Å². The second kappa shape index (κ2) is 8.26. The van der Waals surface area contributed by atoms with Crippen molar-refractivity contribution < 1.29 is 19.4 Å². The minimum absolute atomic E-state index is 0.173. The summed E-state index contributed by atoms with van der Waals surface area (Å²) in [6.07, 6.45) is 0.447. The van der Waals surface area contributed by atoms with Gasteiger partial charge < -0.3 is 15.2 Å². The van der Waals surface area contributed by atoms with E-state index in [9.17, 15) is 9.59 Å². The summed E-state index contributed by atoms with van der Waals surface area (Å²) < 4.78 is 5.06. The third-order valence-corrected chi connectivity index (χ3v) is 2.59. The highest BCUT2D eigenvalue weighted by Crippen LogP contribution is 2.03. The molecule has 1 atom stereocenters. The van der Waals surface area contributed by atoms with Gasteiger partial charge in [0.25, 0.3) is 0 Å². The van der Waals surface area contributed by atoms with Crippen molar-refractivity contribution in [3.63, 3.8) is 0 Å². The number of hydrogen-bond acceptors (Lipinski definition) is 3. The van der Waals surface area contributed by atoms with E-state index in [-0.39, 0.29) is 18.7 Å². The molecule has 0 aliphatic rings. The number of hydrogen-bond donors (Lipinski definition) is 2. The molecule has 2 N–H and O–H groups in total. The quantitative estimate of drug-likeness (QED) is 0.693. The molecule has 19 heavy (non-hydrogen) atoms. The van der Waals surface area contributed by atoms with Gasteiger partial charge in [0.05, 0.1) is 6.61 Å². The normalized spacial score (nSPS) is 11.8. The van der Waals surface area contributed by atoms with Gasteiger partial charge >= 0.3 is 5.97 Å². The van der Waals surface area contributed by atoms with Crippen LogP contribution in [0.4, 0.5) is 0 Å². The molecular weight excluding hydrogens is 246 g/mol. The number of carboxylic acid groups (broad SMARTS) is 1. The minimum Gasteiger partial charge on any atom is -0.480 e. The summed E-state index contributed by atoms with van der Waals surface area (Å²) in [6, 6.07) is 8.30. The van der Waals surface area contributed by atoms with E-state index in [1.165, 1.54) is 0 Å². The first-order valence-electron chi connectivity index (χ1n) is 6.27. The lowest BCUT2D eigenvalue weighted by molar-refractivity contribution is -0.141. The molecule has 0 bridgehead atoms. The summed E-state index contributed by atoms with van der Waals surface area (Å²) in [6.45, 7) is 2.69. The first kappa shape index (κ1) is 15.2. The summed E-state index contributed by atoms with van der Waals surface area (Å²) in [4.78, 5) is 22.7. The zero-order valence-electron chi connectivity index (χ0n) is 11.0. The second-order valence-corrected chi connectivity index (χ2v) is 4.09. The van der Waals surface area contributed by atoms with Gasteiger partial charge in [-0.1, -0.05) is 30.3 Å². The van der Waals surface area contributed by atoms with Crippen LogP contribution in [-0.4, -0.2) is 36.2 Å². The van der Waals surface area contributed by atoms with Crippen LogP contribution in [0.15, 0.2) is 30.3 Å². The van der Waals surface area contributed by atoms with Crippen molar-refractivity contribution in [3.05, 3.63) is 35.9 Å². The Bertz CT molecular complexity index is 405. The van der Waals surface area contributed by atoms with Crippen LogP contribution in [0.1, 0.15) is 18.9 Å². The van der Waals surface area contributed by atoms with Gasteiger partial charge in [-0.15, -0.1) is 0 Å². The van der Waals surface area contributed by atoms with E-state index in [1.54, 1.807) is 0 Å². The van der Waals surface area contributed by atoms with Crippen molar-refractivity contribution >= 4 is 11.9 Å². The van der Waals surface area contributed by atoms with Crippen LogP contribution in [0.25, 0.3) is 0 Å². The SMILES string of the molecule is CCOCCC(=O)NC(Cc1ccccc1)C(=O)O. The lowest BCUT2D eigenvalue weighted by Crippen LogP contribution is -2.42. The fraction of sp³-hybridized carbons (Fsp3) is 0.429. The standard InChI is InChI=1S/C14H19NO4/c1-2-19-9-8-13(16)15-12(14(17)18)10-11-6-4-3-5-7-11/h3-7,12H,2,8-10H2,1H3,(H,15,16)(H,17,18). The number of nitrogens with one attached hydrogen (secondary N) is 1. The molecule has 104 valence electrons. The Hall–Kier alpha value is -1.88. The molecule has 1 amide bonds. The van der Waals surface area contributed by atoms with Crippen molar-refractivity contribution in [1.82, 2.24) is 5.32 Å². The average Bonchev–Trinajstić information content (AvgIpc) is 2.39. The van der Waals surface area contributed by atoms with Gasteiger partial charge in [0.1, 0.15) is 6.04 Å². The lowest BCUT2D eigenvalue weighted by Gasteiger charge is -2.14. The van der Waals surface area contributed by atoms with Crippen LogP contribution in [0.5, 0.6) is 0 Å². The van der Waals surface area contributed by atoms with Crippen molar-refractivity contribution in [3.8, 4) is 0 Å². The summed E-state index contributed by atoms with van der Waals surface area (Å²) in [5, 5.41) is 11.6.